The zero-order valence-electron chi connectivity index (χ0n) is 13.6. The van der Waals surface area contributed by atoms with Crippen molar-refractivity contribution >= 4 is 27.3 Å². The molecule has 1 aliphatic carbocycles. The number of nitrogens with zero attached hydrogens (tertiary/aromatic N) is 2. The van der Waals surface area contributed by atoms with Crippen LogP contribution in [-0.2, 0) is 0 Å². The molecule has 0 aliphatic heterocycles. The van der Waals surface area contributed by atoms with Crippen molar-refractivity contribution in [3.05, 3.63) is 20.8 Å². The van der Waals surface area contributed by atoms with Crippen LogP contribution in [0.25, 0.3) is 0 Å². The van der Waals surface area contributed by atoms with Gasteiger partial charge in [-0.1, -0.05) is 6.92 Å². The molecule has 1 heterocycles. The first-order valence-corrected chi connectivity index (χ1v) is 9.39. The third kappa shape index (κ3) is 3.70. The highest BCUT2D eigenvalue weighted by Gasteiger charge is 2.41. The van der Waals surface area contributed by atoms with Crippen molar-refractivity contribution in [3.63, 3.8) is 0 Å². The van der Waals surface area contributed by atoms with E-state index in [0.29, 0.717) is 11.6 Å². The second-order valence-corrected chi connectivity index (χ2v) is 9.04. The van der Waals surface area contributed by atoms with Gasteiger partial charge in [0.15, 0.2) is 0 Å². The minimum absolute atomic E-state index is 0.180. The third-order valence-corrected chi connectivity index (χ3v) is 6.71. The smallest absolute Gasteiger partial charge is 0.0702 e. The van der Waals surface area contributed by atoms with Crippen molar-refractivity contribution in [3.8, 4) is 0 Å². The van der Waals surface area contributed by atoms with E-state index in [2.05, 4.69) is 65.9 Å². The van der Waals surface area contributed by atoms with Crippen LogP contribution in [0.15, 0.2) is 15.9 Å². The van der Waals surface area contributed by atoms with Crippen LogP contribution >= 0.6 is 27.3 Å². The Morgan fingerprint density at radius 1 is 1.33 bits per heavy atom. The lowest BCUT2D eigenvalue weighted by Gasteiger charge is -2.50. The van der Waals surface area contributed by atoms with Crippen LogP contribution in [0.4, 0.5) is 0 Å². The molecule has 2 N–H and O–H groups in total. The SMILES string of the molecule is CCC(N)C(c1ccc(Br)s1)N(C)CC1(N(C)C)CCC1. The van der Waals surface area contributed by atoms with E-state index < -0.39 is 0 Å². The predicted molar refractivity (Wildman–Crippen MR) is 95.9 cm³/mol. The van der Waals surface area contributed by atoms with Crippen molar-refractivity contribution in [2.45, 2.75) is 50.2 Å². The van der Waals surface area contributed by atoms with E-state index in [4.69, 9.17) is 5.73 Å². The highest BCUT2D eigenvalue weighted by atomic mass is 79.9. The minimum Gasteiger partial charge on any atom is -0.326 e. The van der Waals surface area contributed by atoms with Gasteiger partial charge in [0, 0.05) is 23.0 Å². The summed E-state index contributed by atoms with van der Waals surface area (Å²) in [6.07, 6.45) is 4.94. The van der Waals surface area contributed by atoms with Gasteiger partial charge in [0.2, 0.25) is 0 Å². The number of nitrogens with two attached hydrogens (primary N) is 1. The van der Waals surface area contributed by atoms with E-state index in [1.807, 2.05) is 11.3 Å². The Labute approximate surface area is 141 Å². The summed E-state index contributed by atoms with van der Waals surface area (Å²) in [5.74, 6) is 0. The maximum absolute atomic E-state index is 6.45. The van der Waals surface area contributed by atoms with E-state index >= 15 is 0 Å². The molecule has 1 aromatic rings. The Kier molecular flexibility index (Phi) is 5.88. The molecule has 1 aromatic heterocycles. The van der Waals surface area contributed by atoms with Gasteiger partial charge in [-0.25, -0.2) is 0 Å². The molecule has 2 atom stereocenters. The van der Waals surface area contributed by atoms with Crippen LogP contribution in [0, 0.1) is 0 Å². The zero-order valence-corrected chi connectivity index (χ0v) is 16.0. The molecule has 1 fully saturated rings. The average Bonchev–Trinajstić information content (AvgIpc) is 2.79. The monoisotopic (exact) mass is 373 g/mol. The van der Waals surface area contributed by atoms with Crippen LogP contribution in [0.3, 0.4) is 0 Å². The first-order chi connectivity index (χ1) is 9.89. The van der Waals surface area contributed by atoms with Gasteiger partial charge in [-0.15, -0.1) is 11.3 Å². The Bertz CT molecular complexity index is 456. The van der Waals surface area contributed by atoms with Crippen LogP contribution < -0.4 is 5.73 Å². The average molecular weight is 374 g/mol. The third-order valence-electron chi connectivity index (χ3n) is 5.01. The minimum atomic E-state index is 0.180. The molecule has 0 radical (unpaired) electrons. The molecule has 2 rings (SSSR count). The molecular weight excluding hydrogens is 346 g/mol. The molecular formula is C16H28BrN3S. The van der Waals surface area contributed by atoms with Crippen LogP contribution in [0.2, 0.25) is 0 Å². The maximum Gasteiger partial charge on any atom is 0.0702 e. The second-order valence-electron chi connectivity index (χ2n) is 6.55. The predicted octanol–water partition coefficient (Wildman–Crippen LogP) is 3.71. The molecule has 2 unspecified atom stereocenters. The molecule has 0 spiro atoms. The quantitative estimate of drug-likeness (QED) is 0.790. The molecule has 21 heavy (non-hydrogen) atoms. The van der Waals surface area contributed by atoms with Gasteiger partial charge < -0.3 is 10.6 Å². The normalized spacial score (nSPS) is 20.6. The Morgan fingerprint density at radius 3 is 2.38 bits per heavy atom. The molecule has 0 bridgehead atoms. The summed E-state index contributed by atoms with van der Waals surface area (Å²) in [6.45, 7) is 3.27. The topological polar surface area (TPSA) is 32.5 Å². The lowest BCUT2D eigenvalue weighted by atomic mass is 9.75. The van der Waals surface area contributed by atoms with Crippen molar-refractivity contribution in [2.75, 3.05) is 27.7 Å². The van der Waals surface area contributed by atoms with Crippen molar-refractivity contribution in [2.24, 2.45) is 5.73 Å². The fraction of sp³-hybridized carbons (Fsp3) is 0.750. The van der Waals surface area contributed by atoms with Gasteiger partial charge in [0.25, 0.3) is 0 Å². The summed E-state index contributed by atoms with van der Waals surface area (Å²) in [5.41, 5.74) is 6.79. The maximum atomic E-state index is 6.45. The van der Waals surface area contributed by atoms with E-state index in [9.17, 15) is 0 Å². The summed E-state index contributed by atoms with van der Waals surface area (Å²) in [7, 11) is 6.66. The summed E-state index contributed by atoms with van der Waals surface area (Å²) < 4.78 is 1.19. The summed E-state index contributed by atoms with van der Waals surface area (Å²) in [4.78, 5) is 6.25. The van der Waals surface area contributed by atoms with Gasteiger partial charge in [0.1, 0.15) is 0 Å². The largest absolute Gasteiger partial charge is 0.326 e. The second kappa shape index (κ2) is 7.09. The number of hydrogen-bond donors (Lipinski definition) is 1. The van der Waals surface area contributed by atoms with Crippen LogP contribution in [-0.4, -0.2) is 49.1 Å². The van der Waals surface area contributed by atoms with Gasteiger partial charge in [0.05, 0.1) is 9.83 Å². The summed E-state index contributed by atoms with van der Waals surface area (Å²) >= 11 is 5.39. The fourth-order valence-corrected chi connectivity index (χ4v) is 5.03. The number of thiophene rings is 1. The molecule has 0 saturated heterocycles. The van der Waals surface area contributed by atoms with Crippen molar-refractivity contribution < 1.29 is 0 Å². The highest BCUT2D eigenvalue weighted by Crippen LogP contribution is 2.40. The molecule has 0 amide bonds. The molecule has 120 valence electrons. The van der Waals surface area contributed by atoms with Gasteiger partial charge in [-0.05, 0) is 74.9 Å². The highest BCUT2D eigenvalue weighted by molar-refractivity contribution is 9.11. The number of likely N-dealkylation sites (N-methyl/N-ethyl adjacent to an activating group) is 2. The van der Waals surface area contributed by atoms with Crippen molar-refractivity contribution in [1.29, 1.82) is 0 Å². The first-order valence-electron chi connectivity index (χ1n) is 7.78. The Hall–Kier alpha value is 0.0600. The molecule has 1 saturated carbocycles. The molecule has 5 heteroatoms. The fourth-order valence-electron chi connectivity index (χ4n) is 3.36. The summed E-state index contributed by atoms with van der Waals surface area (Å²) in [5, 5.41) is 0. The van der Waals surface area contributed by atoms with Gasteiger partial charge in [-0.2, -0.15) is 0 Å². The van der Waals surface area contributed by atoms with E-state index in [0.717, 1.165) is 13.0 Å². The standard InChI is InChI=1S/C16H28BrN3S/c1-5-12(18)15(13-7-8-14(17)21-13)20(4)11-16(19(2)3)9-6-10-16/h7-8,12,15H,5-6,9-11,18H2,1-4H3. The number of rotatable bonds is 7. The van der Waals surface area contributed by atoms with E-state index in [1.54, 1.807) is 0 Å². The molecule has 3 nitrogen and oxygen atoms in total. The first kappa shape index (κ1) is 17.4. The van der Waals surface area contributed by atoms with E-state index in [1.165, 1.54) is 27.9 Å². The lowest BCUT2D eigenvalue weighted by Crippen LogP contribution is -2.58. The zero-order chi connectivity index (χ0) is 15.6. The Balaban J connectivity index is 2.16. The van der Waals surface area contributed by atoms with Crippen LogP contribution in [0.1, 0.15) is 43.5 Å². The van der Waals surface area contributed by atoms with Crippen LogP contribution in [0.5, 0.6) is 0 Å². The molecule has 0 aromatic carbocycles. The van der Waals surface area contributed by atoms with Crippen molar-refractivity contribution in [1.82, 2.24) is 9.80 Å². The van der Waals surface area contributed by atoms with Gasteiger partial charge in [-0.3, -0.25) is 4.90 Å². The lowest BCUT2D eigenvalue weighted by molar-refractivity contribution is 0.0126. The number of halogens is 1. The van der Waals surface area contributed by atoms with Gasteiger partial charge >= 0.3 is 0 Å². The Morgan fingerprint density at radius 2 is 2.00 bits per heavy atom. The summed E-state index contributed by atoms with van der Waals surface area (Å²) in [6, 6.07) is 4.84. The van der Waals surface area contributed by atoms with E-state index in [-0.39, 0.29) is 6.04 Å². The number of hydrogen-bond acceptors (Lipinski definition) is 4. The molecule has 1 aliphatic rings.